The number of hydrogen-bond acceptors (Lipinski definition) is 7. The van der Waals surface area contributed by atoms with Crippen LogP contribution in [0.3, 0.4) is 0 Å². The molecule has 3 N–H and O–H groups in total. The molecule has 1 fully saturated rings. The van der Waals surface area contributed by atoms with Crippen molar-refractivity contribution in [2.24, 2.45) is 0 Å². The fraction of sp³-hybridized carbons (Fsp3) is 0.368. The number of para-hydroxylation sites is 2. The molecular weight excluding hydrogens is 436 g/mol. The van der Waals surface area contributed by atoms with E-state index < -0.39 is 0 Å². The molecule has 0 bridgehead atoms. The van der Waals surface area contributed by atoms with Gasteiger partial charge in [0.05, 0.1) is 36.4 Å². The minimum Gasteiger partial charge on any atom is -0.394 e. The van der Waals surface area contributed by atoms with Crippen LogP contribution in [0.1, 0.15) is 25.1 Å². The van der Waals surface area contributed by atoms with E-state index in [1.807, 2.05) is 24.3 Å². The summed E-state index contributed by atoms with van der Waals surface area (Å²) in [7, 11) is 0. The predicted octanol–water partition coefficient (Wildman–Crippen LogP) is 2.73. The smallest absolute Gasteiger partial charge is 0.246 e. The highest BCUT2D eigenvalue weighted by atomic mass is 79.9. The van der Waals surface area contributed by atoms with Gasteiger partial charge >= 0.3 is 0 Å². The molecule has 150 valence electrons. The van der Waals surface area contributed by atoms with Crippen LogP contribution < -0.4 is 10.2 Å². The number of nitrogens with one attached hydrogen (secondary N) is 2. The van der Waals surface area contributed by atoms with Gasteiger partial charge in [0, 0.05) is 6.54 Å². The number of aromatic amines is 1. The van der Waals surface area contributed by atoms with Gasteiger partial charge in [-0.2, -0.15) is 9.50 Å². The molecule has 0 spiro atoms. The minimum atomic E-state index is 0.0340. The van der Waals surface area contributed by atoms with Crippen molar-refractivity contribution in [1.29, 1.82) is 0 Å². The van der Waals surface area contributed by atoms with Gasteiger partial charge in [-0.3, -0.25) is 0 Å². The molecule has 10 heteroatoms. The van der Waals surface area contributed by atoms with E-state index in [0.717, 1.165) is 47.3 Å². The molecule has 0 amide bonds. The number of rotatable bonds is 5. The van der Waals surface area contributed by atoms with Crippen molar-refractivity contribution in [3.63, 3.8) is 0 Å². The Labute approximate surface area is 175 Å². The maximum atomic E-state index is 9.79. The van der Waals surface area contributed by atoms with E-state index in [1.54, 1.807) is 10.7 Å². The topological polar surface area (TPSA) is 107 Å². The summed E-state index contributed by atoms with van der Waals surface area (Å²) in [4.78, 5) is 19.2. The molecule has 1 atom stereocenters. The summed E-state index contributed by atoms with van der Waals surface area (Å²) in [5.41, 5.74) is 2.57. The van der Waals surface area contributed by atoms with Gasteiger partial charge in [-0.25, -0.2) is 9.97 Å². The van der Waals surface area contributed by atoms with Gasteiger partial charge in [0.1, 0.15) is 10.4 Å². The van der Waals surface area contributed by atoms with Gasteiger partial charge in [0.2, 0.25) is 5.95 Å². The fourth-order valence-electron chi connectivity index (χ4n) is 3.79. The Kier molecular flexibility index (Phi) is 4.80. The van der Waals surface area contributed by atoms with E-state index in [9.17, 15) is 5.11 Å². The number of H-pyrrole nitrogens is 1. The molecule has 29 heavy (non-hydrogen) atoms. The lowest BCUT2D eigenvalue weighted by molar-refractivity contribution is 0.238. The Morgan fingerprint density at radius 2 is 2.14 bits per heavy atom. The van der Waals surface area contributed by atoms with Crippen LogP contribution in [0.15, 0.2) is 35.1 Å². The third-order valence-electron chi connectivity index (χ3n) is 5.27. The third kappa shape index (κ3) is 3.42. The van der Waals surface area contributed by atoms with E-state index in [1.165, 1.54) is 0 Å². The van der Waals surface area contributed by atoms with Crippen molar-refractivity contribution in [2.75, 3.05) is 23.4 Å². The fourth-order valence-corrected chi connectivity index (χ4v) is 4.14. The summed E-state index contributed by atoms with van der Waals surface area (Å²) < 4.78 is 2.48. The van der Waals surface area contributed by atoms with Crippen LogP contribution in [0.4, 0.5) is 11.8 Å². The SMILES string of the molecule is OCC1CCCCN1c1nc(NCc2nc3ccccc3[nH]2)c2ncc(Br)n2n1. The number of imidazole rings is 2. The molecule has 5 rings (SSSR count). The monoisotopic (exact) mass is 456 g/mol. The number of halogens is 1. The van der Waals surface area contributed by atoms with Crippen LogP contribution in [0.2, 0.25) is 0 Å². The number of piperidine rings is 1. The van der Waals surface area contributed by atoms with Crippen LogP contribution in [-0.2, 0) is 6.54 Å². The van der Waals surface area contributed by atoms with Crippen molar-refractivity contribution in [3.8, 4) is 0 Å². The van der Waals surface area contributed by atoms with Gasteiger partial charge in [-0.05, 0) is 47.3 Å². The van der Waals surface area contributed by atoms with Gasteiger partial charge < -0.3 is 20.3 Å². The summed E-state index contributed by atoms with van der Waals surface area (Å²) in [6, 6.07) is 7.97. The van der Waals surface area contributed by atoms with Crippen molar-refractivity contribution < 1.29 is 5.11 Å². The third-order valence-corrected chi connectivity index (χ3v) is 5.81. The highest BCUT2D eigenvalue weighted by molar-refractivity contribution is 9.10. The highest BCUT2D eigenvalue weighted by Crippen LogP contribution is 2.26. The maximum Gasteiger partial charge on any atom is 0.246 e. The second kappa shape index (κ2) is 7.60. The van der Waals surface area contributed by atoms with Crippen molar-refractivity contribution in [1.82, 2.24) is 29.5 Å². The second-order valence-corrected chi connectivity index (χ2v) is 7.97. The lowest BCUT2D eigenvalue weighted by Gasteiger charge is -2.34. The van der Waals surface area contributed by atoms with Crippen LogP contribution >= 0.6 is 15.9 Å². The molecule has 0 aliphatic carbocycles. The summed E-state index contributed by atoms with van der Waals surface area (Å²) in [5.74, 6) is 2.03. The summed E-state index contributed by atoms with van der Waals surface area (Å²) in [6.07, 6.45) is 4.81. The molecule has 1 aliphatic rings. The average molecular weight is 457 g/mol. The van der Waals surface area contributed by atoms with Crippen LogP contribution in [-0.4, -0.2) is 53.9 Å². The summed E-state index contributed by atoms with van der Waals surface area (Å²) in [5, 5.41) is 17.8. The number of aliphatic hydroxyl groups is 1. The van der Waals surface area contributed by atoms with E-state index >= 15 is 0 Å². The van der Waals surface area contributed by atoms with Gasteiger partial charge in [0.15, 0.2) is 11.5 Å². The Bertz CT molecular complexity index is 1120. The van der Waals surface area contributed by atoms with Gasteiger partial charge in [0.25, 0.3) is 0 Å². The zero-order valence-corrected chi connectivity index (χ0v) is 17.3. The first kappa shape index (κ1) is 18.3. The van der Waals surface area contributed by atoms with Crippen molar-refractivity contribution in [2.45, 2.75) is 31.8 Å². The molecule has 1 aromatic carbocycles. The number of hydrogen-bond donors (Lipinski definition) is 3. The van der Waals surface area contributed by atoms with E-state index in [-0.39, 0.29) is 12.6 Å². The zero-order valence-electron chi connectivity index (χ0n) is 15.7. The molecule has 4 heterocycles. The molecule has 0 radical (unpaired) electrons. The van der Waals surface area contributed by atoms with Crippen molar-refractivity contribution in [3.05, 3.63) is 40.9 Å². The summed E-state index contributed by atoms with van der Waals surface area (Å²) >= 11 is 3.51. The average Bonchev–Trinajstić information content (AvgIpc) is 3.35. The standard InChI is InChI=1S/C19H21BrN8O/c20-15-9-22-18-17(21-10-16-23-13-6-1-2-7-14(13)24-16)25-19(26-28(15)18)27-8-4-3-5-12(27)11-29/h1-2,6-7,9,12,29H,3-5,8,10-11H2,(H,23,24)(H,21,25,26). The van der Waals surface area contributed by atoms with Gasteiger partial charge in [-0.1, -0.05) is 12.1 Å². The molecule has 4 aromatic rings. The van der Waals surface area contributed by atoms with Gasteiger partial charge in [-0.15, -0.1) is 5.10 Å². The molecule has 1 unspecified atom stereocenters. The number of benzene rings is 1. The first-order valence-corrected chi connectivity index (χ1v) is 10.5. The van der Waals surface area contributed by atoms with Crippen LogP contribution in [0, 0.1) is 0 Å². The number of anilines is 2. The molecule has 0 saturated carbocycles. The second-order valence-electron chi connectivity index (χ2n) is 7.16. The Hall–Kier alpha value is -2.72. The lowest BCUT2D eigenvalue weighted by atomic mass is 10.0. The van der Waals surface area contributed by atoms with E-state index in [4.69, 9.17) is 4.98 Å². The number of aromatic nitrogens is 6. The maximum absolute atomic E-state index is 9.79. The quantitative estimate of drug-likeness (QED) is 0.423. The highest BCUT2D eigenvalue weighted by Gasteiger charge is 2.26. The first-order chi connectivity index (χ1) is 14.2. The number of aliphatic hydroxyl groups excluding tert-OH is 1. The molecule has 1 aliphatic heterocycles. The van der Waals surface area contributed by atoms with Crippen LogP contribution in [0.5, 0.6) is 0 Å². The normalized spacial score (nSPS) is 17.3. The molecule has 9 nitrogen and oxygen atoms in total. The predicted molar refractivity (Wildman–Crippen MR) is 114 cm³/mol. The molecule has 1 saturated heterocycles. The van der Waals surface area contributed by atoms with E-state index in [0.29, 0.717) is 24.0 Å². The Balaban J connectivity index is 1.48. The van der Waals surface area contributed by atoms with Crippen molar-refractivity contribution >= 4 is 44.4 Å². The van der Waals surface area contributed by atoms with Crippen LogP contribution in [0.25, 0.3) is 16.7 Å². The Morgan fingerprint density at radius 1 is 1.24 bits per heavy atom. The first-order valence-electron chi connectivity index (χ1n) is 9.69. The zero-order chi connectivity index (χ0) is 19.8. The minimum absolute atomic E-state index is 0.0340. The number of nitrogens with zero attached hydrogens (tertiary/aromatic N) is 6. The molecular formula is C19H21BrN8O. The Morgan fingerprint density at radius 3 is 3.00 bits per heavy atom. The number of fused-ring (bicyclic) bond motifs is 2. The van der Waals surface area contributed by atoms with E-state index in [2.05, 4.69) is 46.2 Å². The lowest BCUT2D eigenvalue weighted by Crippen LogP contribution is -2.43. The summed E-state index contributed by atoms with van der Waals surface area (Å²) in [6.45, 7) is 1.40. The molecule has 3 aromatic heterocycles. The largest absolute Gasteiger partial charge is 0.394 e.